The number of methoxy groups -OCH3 is 2. The molecule has 12 nitrogen and oxygen atoms in total. The van der Waals surface area contributed by atoms with Gasteiger partial charge in [0.1, 0.15) is 6.61 Å². The van der Waals surface area contributed by atoms with Gasteiger partial charge in [-0.25, -0.2) is 14.4 Å². The molecule has 12 heteroatoms. The molecule has 0 radical (unpaired) electrons. The van der Waals surface area contributed by atoms with Crippen molar-refractivity contribution in [3.05, 3.63) is 104 Å². The molecule has 1 fully saturated rings. The number of likely N-dealkylation sites (tertiary alicyclic amines) is 1. The minimum Gasteiger partial charge on any atom is -0.493 e. The van der Waals surface area contributed by atoms with E-state index in [0.717, 1.165) is 5.56 Å². The van der Waals surface area contributed by atoms with Gasteiger partial charge < -0.3 is 29.2 Å². The monoisotopic (exact) mass is 644 g/mol. The summed E-state index contributed by atoms with van der Waals surface area (Å²) in [5.74, 6) is 1.01. The van der Waals surface area contributed by atoms with Gasteiger partial charge in [0.25, 0.3) is 5.56 Å². The molecular formula is C35H40N4O8. The molecule has 0 aliphatic carbocycles. The Kier molecular flexibility index (Phi) is 10.5. The highest BCUT2D eigenvalue weighted by molar-refractivity contribution is 5.79. The topological polar surface area (TPSA) is 130 Å². The van der Waals surface area contributed by atoms with E-state index in [2.05, 4.69) is 5.32 Å². The van der Waals surface area contributed by atoms with Crippen LogP contribution in [0.25, 0.3) is 10.9 Å². The van der Waals surface area contributed by atoms with Crippen LogP contribution in [-0.2, 0) is 29.2 Å². The zero-order valence-electron chi connectivity index (χ0n) is 27.1. The number of hydrogen-bond donors (Lipinski definition) is 1. The number of carbonyl (C=O) groups excluding carboxylic acids is 2. The number of benzene rings is 3. The third kappa shape index (κ3) is 7.76. The van der Waals surface area contributed by atoms with Crippen LogP contribution in [0.3, 0.4) is 0 Å². The highest BCUT2D eigenvalue weighted by Crippen LogP contribution is 2.28. The largest absolute Gasteiger partial charge is 0.493 e. The molecule has 1 aliphatic rings. The van der Waals surface area contributed by atoms with Gasteiger partial charge in [-0.2, -0.15) is 0 Å². The van der Waals surface area contributed by atoms with Crippen LogP contribution in [0.2, 0.25) is 0 Å². The maximum Gasteiger partial charge on any atom is 0.410 e. The second kappa shape index (κ2) is 14.9. The number of amides is 2. The second-order valence-electron chi connectivity index (χ2n) is 11.7. The summed E-state index contributed by atoms with van der Waals surface area (Å²) in [4.78, 5) is 54.7. The number of ether oxygens (including phenoxy) is 4. The van der Waals surface area contributed by atoms with Crippen molar-refractivity contribution in [2.75, 3.05) is 27.3 Å². The molecule has 3 aromatic carbocycles. The third-order valence-corrected chi connectivity index (χ3v) is 8.09. The molecule has 1 aromatic heterocycles. The van der Waals surface area contributed by atoms with Gasteiger partial charge in [-0.15, -0.1) is 0 Å². The predicted octanol–water partition coefficient (Wildman–Crippen LogP) is 4.84. The number of fused-ring (bicyclic) bond motifs is 1. The molecule has 0 atom stereocenters. The number of rotatable bonds is 10. The Morgan fingerprint density at radius 2 is 1.57 bits per heavy atom. The predicted molar refractivity (Wildman–Crippen MR) is 176 cm³/mol. The maximum absolute atomic E-state index is 14.2. The van der Waals surface area contributed by atoms with Crippen molar-refractivity contribution >= 4 is 23.1 Å². The van der Waals surface area contributed by atoms with Crippen LogP contribution in [0.5, 0.6) is 11.5 Å². The lowest BCUT2D eigenvalue weighted by Gasteiger charge is -2.33. The molecule has 1 N–H and O–H groups in total. The van der Waals surface area contributed by atoms with Crippen molar-refractivity contribution in [2.45, 2.75) is 58.5 Å². The summed E-state index contributed by atoms with van der Waals surface area (Å²) in [7, 11) is 3.06. The Bertz CT molecular complexity index is 1840. The van der Waals surface area contributed by atoms with Crippen LogP contribution in [0, 0.1) is 0 Å². The molecule has 0 spiro atoms. The summed E-state index contributed by atoms with van der Waals surface area (Å²) in [5.41, 5.74) is 1.84. The van der Waals surface area contributed by atoms with Gasteiger partial charge in [0.15, 0.2) is 11.5 Å². The maximum atomic E-state index is 14.2. The molecule has 1 aliphatic heterocycles. The van der Waals surface area contributed by atoms with Crippen molar-refractivity contribution in [1.82, 2.24) is 19.4 Å². The van der Waals surface area contributed by atoms with E-state index in [0.29, 0.717) is 59.5 Å². The fourth-order valence-corrected chi connectivity index (χ4v) is 5.74. The Balaban J connectivity index is 1.45. The number of aromatic nitrogens is 2. The quantitative estimate of drug-likeness (QED) is 0.260. The molecule has 248 valence electrons. The minimum atomic E-state index is -0.565. The standard InChI is InChI=1S/C35H40N4O8/c1-23(2)47-33(41)36-20-25-10-12-29-28(18-25)32(40)38(21-26-11-13-30(44-3)31(19-26)45-4)34(42)39(29)27-14-16-37(17-15-27)35(43)46-22-24-8-6-5-7-9-24/h5-13,18-19,23,27H,14-17,20-22H2,1-4H3,(H,36,41). The highest BCUT2D eigenvalue weighted by Gasteiger charge is 2.28. The van der Waals surface area contributed by atoms with Crippen LogP contribution < -0.4 is 26.0 Å². The van der Waals surface area contributed by atoms with Gasteiger partial charge in [-0.3, -0.25) is 13.9 Å². The Hall–Kier alpha value is -5.26. The first-order valence-corrected chi connectivity index (χ1v) is 15.6. The van der Waals surface area contributed by atoms with E-state index in [1.165, 1.54) is 18.8 Å². The van der Waals surface area contributed by atoms with Crippen LogP contribution in [0.4, 0.5) is 9.59 Å². The fraction of sp³-hybridized carbons (Fsp3) is 0.371. The van der Waals surface area contributed by atoms with Gasteiger partial charge in [0, 0.05) is 25.7 Å². The van der Waals surface area contributed by atoms with E-state index in [1.807, 2.05) is 30.3 Å². The number of carbonyl (C=O) groups is 2. The van der Waals surface area contributed by atoms with Crippen LogP contribution >= 0.6 is 0 Å². The summed E-state index contributed by atoms with van der Waals surface area (Å²) in [6.07, 6.45) is -0.258. The smallest absolute Gasteiger partial charge is 0.410 e. The van der Waals surface area contributed by atoms with Crippen molar-refractivity contribution in [1.29, 1.82) is 0 Å². The average Bonchev–Trinajstić information content (AvgIpc) is 3.08. The first-order valence-electron chi connectivity index (χ1n) is 15.6. The summed E-state index contributed by atoms with van der Waals surface area (Å²) in [6.45, 7) is 4.61. The van der Waals surface area contributed by atoms with Crippen molar-refractivity contribution < 1.29 is 28.5 Å². The van der Waals surface area contributed by atoms with Gasteiger partial charge in [-0.05, 0) is 67.6 Å². The van der Waals surface area contributed by atoms with E-state index in [4.69, 9.17) is 18.9 Å². The number of nitrogens with zero attached hydrogens (tertiary/aromatic N) is 3. The molecule has 4 aromatic rings. The highest BCUT2D eigenvalue weighted by atomic mass is 16.6. The number of alkyl carbamates (subject to hydrolysis) is 1. The Morgan fingerprint density at radius 1 is 0.872 bits per heavy atom. The lowest BCUT2D eigenvalue weighted by atomic mass is 10.0. The average molecular weight is 645 g/mol. The summed E-state index contributed by atoms with van der Waals surface area (Å²) in [5, 5.41) is 3.04. The summed E-state index contributed by atoms with van der Waals surface area (Å²) < 4.78 is 24.4. The number of hydrogen-bond acceptors (Lipinski definition) is 8. The number of nitrogens with one attached hydrogen (secondary N) is 1. The molecule has 0 bridgehead atoms. The second-order valence-corrected chi connectivity index (χ2v) is 11.7. The van der Waals surface area contributed by atoms with Crippen LogP contribution in [0.15, 0.2) is 76.3 Å². The molecular weight excluding hydrogens is 604 g/mol. The SMILES string of the molecule is COc1ccc(Cn2c(=O)c3cc(CNC(=O)OC(C)C)ccc3n(C3CCN(C(=O)OCc4ccccc4)CC3)c2=O)cc1OC. The summed E-state index contributed by atoms with van der Waals surface area (Å²) in [6, 6.07) is 19.7. The van der Waals surface area contributed by atoms with Gasteiger partial charge in [-0.1, -0.05) is 42.5 Å². The van der Waals surface area contributed by atoms with Crippen molar-refractivity contribution in [2.24, 2.45) is 0 Å². The summed E-state index contributed by atoms with van der Waals surface area (Å²) >= 11 is 0. The molecule has 2 amide bonds. The third-order valence-electron chi connectivity index (χ3n) is 8.09. The van der Waals surface area contributed by atoms with Gasteiger partial charge in [0.2, 0.25) is 0 Å². The van der Waals surface area contributed by atoms with E-state index in [1.54, 1.807) is 59.7 Å². The minimum absolute atomic E-state index is 0.00180. The zero-order chi connectivity index (χ0) is 33.5. The molecule has 5 rings (SSSR count). The van der Waals surface area contributed by atoms with Gasteiger partial charge >= 0.3 is 17.9 Å². The lowest BCUT2D eigenvalue weighted by Crippen LogP contribution is -2.45. The molecule has 0 unspecified atom stereocenters. The first-order chi connectivity index (χ1) is 22.7. The number of piperidine rings is 1. The van der Waals surface area contributed by atoms with E-state index < -0.39 is 23.4 Å². The normalized spacial score (nSPS) is 13.4. The Labute approximate surface area is 272 Å². The Morgan fingerprint density at radius 3 is 2.26 bits per heavy atom. The first kappa shape index (κ1) is 33.1. The van der Waals surface area contributed by atoms with E-state index in [9.17, 15) is 19.2 Å². The zero-order valence-corrected chi connectivity index (χ0v) is 27.1. The molecule has 1 saturated heterocycles. The van der Waals surface area contributed by atoms with Crippen molar-refractivity contribution in [3.63, 3.8) is 0 Å². The molecule has 47 heavy (non-hydrogen) atoms. The van der Waals surface area contributed by atoms with E-state index in [-0.39, 0.29) is 31.8 Å². The van der Waals surface area contributed by atoms with E-state index >= 15 is 0 Å². The molecule has 2 heterocycles. The van der Waals surface area contributed by atoms with Crippen LogP contribution in [0.1, 0.15) is 49.4 Å². The van der Waals surface area contributed by atoms with Crippen molar-refractivity contribution in [3.8, 4) is 11.5 Å². The fourth-order valence-electron chi connectivity index (χ4n) is 5.74. The van der Waals surface area contributed by atoms with Gasteiger partial charge in [0.05, 0.1) is 37.8 Å². The lowest BCUT2D eigenvalue weighted by molar-refractivity contribution is 0.0830. The van der Waals surface area contributed by atoms with Crippen LogP contribution in [-0.4, -0.2) is 59.6 Å². The molecule has 0 saturated carbocycles.